The van der Waals surface area contributed by atoms with Crippen LogP contribution in [0.4, 0.5) is 0 Å². The normalized spacial score (nSPS) is 24.5. The minimum atomic E-state index is -0.753. The number of aliphatic hydroxyl groups is 1. The SMILES string of the molecule is Cn1cc(CC(=O)N2CCCC(O)(CN3CCCC3)C2)c2ccccc21. The monoisotopic (exact) mass is 355 g/mol. The van der Waals surface area contributed by atoms with E-state index < -0.39 is 5.60 Å². The molecular weight excluding hydrogens is 326 g/mol. The van der Waals surface area contributed by atoms with Gasteiger partial charge in [-0.25, -0.2) is 0 Å². The van der Waals surface area contributed by atoms with E-state index in [2.05, 4.69) is 27.8 Å². The van der Waals surface area contributed by atoms with Crippen LogP contribution in [0.15, 0.2) is 30.5 Å². The van der Waals surface area contributed by atoms with E-state index in [9.17, 15) is 9.90 Å². The summed E-state index contributed by atoms with van der Waals surface area (Å²) in [6.45, 7) is 4.07. The number of aromatic nitrogens is 1. The van der Waals surface area contributed by atoms with E-state index in [4.69, 9.17) is 0 Å². The molecule has 5 nitrogen and oxygen atoms in total. The van der Waals surface area contributed by atoms with Crippen molar-refractivity contribution in [1.82, 2.24) is 14.4 Å². The summed E-state index contributed by atoms with van der Waals surface area (Å²) in [4.78, 5) is 17.2. The summed E-state index contributed by atoms with van der Waals surface area (Å²) in [6, 6.07) is 8.21. The summed E-state index contributed by atoms with van der Waals surface area (Å²) in [5.74, 6) is 0.126. The lowest BCUT2D eigenvalue weighted by Crippen LogP contribution is -2.55. The lowest BCUT2D eigenvalue weighted by Gasteiger charge is -2.41. The zero-order chi connectivity index (χ0) is 18.1. The van der Waals surface area contributed by atoms with Gasteiger partial charge in [0, 0.05) is 37.2 Å². The molecule has 2 aromatic rings. The Labute approximate surface area is 155 Å². The molecule has 26 heavy (non-hydrogen) atoms. The second-order valence-corrected chi connectivity index (χ2v) is 8.09. The predicted octanol–water partition coefficient (Wildman–Crippen LogP) is 2.17. The van der Waals surface area contributed by atoms with Gasteiger partial charge in [-0.3, -0.25) is 4.79 Å². The third-order valence-electron chi connectivity index (χ3n) is 5.95. The highest BCUT2D eigenvalue weighted by Gasteiger charge is 2.37. The Morgan fingerprint density at radius 2 is 1.92 bits per heavy atom. The van der Waals surface area contributed by atoms with Crippen molar-refractivity contribution in [3.8, 4) is 0 Å². The van der Waals surface area contributed by atoms with Gasteiger partial charge in [0.15, 0.2) is 0 Å². The smallest absolute Gasteiger partial charge is 0.227 e. The van der Waals surface area contributed by atoms with Crippen molar-refractivity contribution < 1.29 is 9.90 Å². The molecule has 0 radical (unpaired) electrons. The quantitative estimate of drug-likeness (QED) is 0.914. The van der Waals surface area contributed by atoms with Crippen molar-refractivity contribution >= 4 is 16.8 Å². The van der Waals surface area contributed by atoms with Gasteiger partial charge in [0.1, 0.15) is 0 Å². The average molecular weight is 355 g/mol. The molecule has 5 heteroatoms. The number of amides is 1. The second kappa shape index (κ2) is 7.05. The Balaban J connectivity index is 1.45. The van der Waals surface area contributed by atoms with Crippen LogP contribution in [0.5, 0.6) is 0 Å². The molecule has 0 aliphatic carbocycles. The van der Waals surface area contributed by atoms with Gasteiger partial charge >= 0.3 is 0 Å². The second-order valence-electron chi connectivity index (χ2n) is 8.09. The van der Waals surface area contributed by atoms with E-state index >= 15 is 0 Å². The Morgan fingerprint density at radius 1 is 1.15 bits per heavy atom. The fourth-order valence-corrected chi connectivity index (χ4v) is 4.65. The van der Waals surface area contributed by atoms with Crippen LogP contribution in [0.1, 0.15) is 31.2 Å². The molecule has 0 bridgehead atoms. The van der Waals surface area contributed by atoms with Crippen LogP contribution in [-0.4, -0.2) is 63.7 Å². The molecule has 4 rings (SSSR count). The van der Waals surface area contributed by atoms with Crippen molar-refractivity contribution in [2.24, 2.45) is 7.05 Å². The van der Waals surface area contributed by atoms with E-state index in [1.54, 1.807) is 0 Å². The van der Waals surface area contributed by atoms with Crippen molar-refractivity contribution in [2.75, 3.05) is 32.7 Å². The van der Waals surface area contributed by atoms with E-state index in [0.29, 0.717) is 19.5 Å². The maximum absolute atomic E-state index is 12.9. The Hall–Kier alpha value is -1.85. The molecular formula is C21H29N3O2. The molecule has 140 valence electrons. The van der Waals surface area contributed by atoms with Crippen molar-refractivity contribution in [3.63, 3.8) is 0 Å². The maximum Gasteiger partial charge on any atom is 0.227 e. The zero-order valence-electron chi connectivity index (χ0n) is 15.7. The van der Waals surface area contributed by atoms with Gasteiger partial charge in [-0.1, -0.05) is 18.2 Å². The summed E-state index contributed by atoms with van der Waals surface area (Å²) >= 11 is 0. The summed E-state index contributed by atoms with van der Waals surface area (Å²) in [6.07, 6.45) is 6.58. The number of likely N-dealkylation sites (tertiary alicyclic amines) is 2. The van der Waals surface area contributed by atoms with Gasteiger partial charge in [0.05, 0.1) is 18.6 Å². The summed E-state index contributed by atoms with van der Waals surface area (Å²) < 4.78 is 2.08. The number of aryl methyl sites for hydroxylation is 1. The van der Waals surface area contributed by atoms with Gasteiger partial charge in [-0.15, -0.1) is 0 Å². The predicted molar refractivity (Wildman–Crippen MR) is 103 cm³/mol. The first kappa shape index (κ1) is 17.6. The average Bonchev–Trinajstić information content (AvgIpc) is 3.23. The van der Waals surface area contributed by atoms with Gasteiger partial charge in [0.25, 0.3) is 0 Å². The van der Waals surface area contributed by atoms with Crippen LogP contribution in [0.25, 0.3) is 10.9 Å². The molecule has 1 atom stereocenters. The maximum atomic E-state index is 12.9. The molecule has 2 fully saturated rings. The van der Waals surface area contributed by atoms with Gasteiger partial charge < -0.3 is 19.5 Å². The highest BCUT2D eigenvalue weighted by molar-refractivity contribution is 5.89. The highest BCUT2D eigenvalue weighted by atomic mass is 16.3. The van der Waals surface area contributed by atoms with Gasteiger partial charge in [-0.2, -0.15) is 0 Å². The molecule has 2 aliphatic rings. The number of rotatable bonds is 4. The third kappa shape index (κ3) is 3.51. The Bertz CT molecular complexity index is 794. The number of fused-ring (bicyclic) bond motifs is 1. The molecule has 3 heterocycles. The number of nitrogens with zero attached hydrogens (tertiary/aromatic N) is 3. The minimum Gasteiger partial charge on any atom is -0.387 e. The number of β-amino-alcohol motifs (C(OH)–C–C–N with tert-alkyl or cyclic N) is 1. The number of hydrogen-bond donors (Lipinski definition) is 1. The lowest BCUT2D eigenvalue weighted by molar-refractivity contribution is -0.138. The fraction of sp³-hybridized carbons (Fsp3) is 0.571. The minimum absolute atomic E-state index is 0.126. The van der Waals surface area contributed by atoms with E-state index in [1.807, 2.05) is 24.1 Å². The topological polar surface area (TPSA) is 48.7 Å². The molecule has 0 spiro atoms. The van der Waals surface area contributed by atoms with Crippen molar-refractivity contribution in [2.45, 2.75) is 37.7 Å². The molecule has 2 aliphatic heterocycles. The first-order valence-electron chi connectivity index (χ1n) is 9.80. The largest absolute Gasteiger partial charge is 0.387 e. The first-order chi connectivity index (χ1) is 12.5. The number of hydrogen-bond acceptors (Lipinski definition) is 3. The summed E-state index contributed by atoms with van der Waals surface area (Å²) in [5.41, 5.74) is 1.47. The van der Waals surface area contributed by atoms with E-state index in [0.717, 1.165) is 48.9 Å². The number of para-hydroxylation sites is 1. The van der Waals surface area contributed by atoms with Crippen LogP contribution >= 0.6 is 0 Å². The van der Waals surface area contributed by atoms with Crippen LogP contribution < -0.4 is 0 Å². The Kier molecular flexibility index (Phi) is 4.76. The fourth-order valence-electron chi connectivity index (χ4n) is 4.65. The number of piperidine rings is 1. The highest BCUT2D eigenvalue weighted by Crippen LogP contribution is 2.26. The summed E-state index contributed by atoms with van der Waals surface area (Å²) in [5, 5.41) is 12.2. The zero-order valence-corrected chi connectivity index (χ0v) is 15.7. The molecule has 1 N–H and O–H groups in total. The number of benzene rings is 1. The number of carbonyl (C=O) groups is 1. The molecule has 1 unspecified atom stereocenters. The van der Waals surface area contributed by atoms with Crippen molar-refractivity contribution in [1.29, 1.82) is 0 Å². The first-order valence-corrected chi connectivity index (χ1v) is 9.80. The number of carbonyl (C=O) groups excluding carboxylic acids is 1. The van der Waals surface area contributed by atoms with Crippen LogP contribution in [0, 0.1) is 0 Å². The summed E-state index contributed by atoms with van der Waals surface area (Å²) in [7, 11) is 2.02. The van der Waals surface area contributed by atoms with Gasteiger partial charge in [0.2, 0.25) is 5.91 Å². The molecule has 1 amide bonds. The lowest BCUT2D eigenvalue weighted by atomic mass is 9.91. The van der Waals surface area contributed by atoms with Crippen LogP contribution in [-0.2, 0) is 18.3 Å². The molecule has 0 saturated carbocycles. The van der Waals surface area contributed by atoms with Crippen LogP contribution in [0.2, 0.25) is 0 Å². The van der Waals surface area contributed by atoms with Gasteiger partial charge in [-0.05, 0) is 50.4 Å². The van der Waals surface area contributed by atoms with Crippen LogP contribution in [0.3, 0.4) is 0 Å². The van der Waals surface area contributed by atoms with E-state index in [1.165, 1.54) is 12.8 Å². The van der Waals surface area contributed by atoms with Crippen molar-refractivity contribution in [3.05, 3.63) is 36.0 Å². The Morgan fingerprint density at radius 3 is 2.73 bits per heavy atom. The molecule has 2 saturated heterocycles. The molecule has 1 aromatic heterocycles. The third-order valence-corrected chi connectivity index (χ3v) is 5.95. The molecule has 1 aromatic carbocycles. The van der Waals surface area contributed by atoms with E-state index in [-0.39, 0.29) is 5.91 Å². The standard InChI is InChI=1S/C21H29N3O2/c1-22-14-17(18-7-2-3-8-19(18)22)13-20(25)24-12-6-9-21(26,16-24)15-23-10-4-5-11-23/h2-3,7-8,14,26H,4-6,9-13,15-16H2,1H3.